The fourth-order valence-electron chi connectivity index (χ4n) is 2.68. The van der Waals surface area contributed by atoms with Crippen LogP contribution in [0.5, 0.6) is 0 Å². The number of aromatic nitrogens is 2. The minimum atomic E-state index is 0.379. The standard InChI is InChI=1S/C15H18N4/c1-11-13(16)6-7-15(18-11)19-9-3-5-14(19)12-4-2-8-17-10-12/h2,4,6-8,10,14H,3,5,9,16H2,1H3. The molecule has 4 nitrogen and oxygen atoms in total. The summed E-state index contributed by atoms with van der Waals surface area (Å²) in [6.07, 6.45) is 6.10. The molecule has 2 aromatic heterocycles. The summed E-state index contributed by atoms with van der Waals surface area (Å²) in [6, 6.07) is 8.46. The molecular weight excluding hydrogens is 236 g/mol. The quantitative estimate of drug-likeness (QED) is 0.895. The third-order valence-corrected chi connectivity index (χ3v) is 3.73. The van der Waals surface area contributed by atoms with Crippen molar-refractivity contribution in [1.82, 2.24) is 9.97 Å². The molecule has 1 saturated heterocycles. The van der Waals surface area contributed by atoms with Gasteiger partial charge >= 0.3 is 0 Å². The Balaban J connectivity index is 1.93. The zero-order chi connectivity index (χ0) is 13.2. The summed E-state index contributed by atoms with van der Waals surface area (Å²) in [5.74, 6) is 1.01. The lowest BCUT2D eigenvalue weighted by molar-refractivity contribution is 0.707. The van der Waals surface area contributed by atoms with E-state index in [0.29, 0.717) is 6.04 Å². The highest BCUT2D eigenvalue weighted by Crippen LogP contribution is 2.35. The van der Waals surface area contributed by atoms with Crippen LogP contribution in [-0.2, 0) is 0 Å². The SMILES string of the molecule is Cc1nc(N2CCCC2c2cccnc2)ccc1N. The third-order valence-electron chi connectivity index (χ3n) is 3.73. The Morgan fingerprint density at radius 1 is 1.32 bits per heavy atom. The van der Waals surface area contributed by atoms with Crippen LogP contribution in [0.1, 0.15) is 30.1 Å². The fraction of sp³-hybridized carbons (Fsp3) is 0.333. The molecule has 0 spiro atoms. The largest absolute Gasteiger partial charge is 0.397 e. The molecule has 2 aromatic rings. The number of nitrogens with two attached hydrogens (primary N) is 1. The summed E-state index contributed by atoms with van der Waals surface area (Å²) in [5, 5.41) is 0. The number of aryl methyl sites for hydroxylation is 1. The van der Waals surface area contributed by atoms with E-state index in [1.54, 1.807) is 0 Å². The minimum Gasteiger partial charge on any atom is -0.397 e. The van der Waals surface area contributed by atoms with Crippen molar-refractivity contribution in [1.29, 1.82) is 0 Å². The highest BCUT2D eigenvalue weighted by Gasteiger charge is 2.27. The molecule has 0 aromatic carbocycles. The monoisotopic (exact) mass is 254 g/mol. The smallest absolute Gasteiger partial charge is 0.129 e. The average molecular weight is 254 g/mol. The lowest BCUT2D eigenvalue weighted by Gasteiger charge is -2.26. The van der Waals surface area contributed by atoms with E-state index >= 15 is 0 Å². The molecule has 19 heavy (non-hydrogen) atoms. The third kappa shape index (κ3) is 2.26. The Hall–Kier alpha value is -2.10. The molecule has 1 aliphatic rings. The minimum absolute atomic E-state index is 0.379. The summed E-state index contributed by atoms with van der Waals surface area (Å²) in [6.45, 7) is 2.99. The first-order valence-electron chi connectivity index (χ1n) is 6.65. The lowest BCUT2D eigenvalue weighted by Crippen LogP contribution is -2.23. The Bertz CT molecular complexity index is 568. The van der Waals surface area contributed by atoms with Crippen LogP contribution in [0.2, 0.25) is 0 Å². The Kier molecular flexibility index (Phi) is 3.07. The van der Waals surface area contributed by atoms with Gasteiger partial charge in [0.25, 0.3) is 0 Å². The zero-order valence-electron chi connectivity index (χ0n) is 11.1. The zero-order valence-corrected chi connectivity index (χ0v) is 11.1. The molecule has 1 fully saturated rings. The second-order valence-corrected chi connectivity index (χ2v) is 4.98. The van der Waals surface area contributed by atoms with Crippen LogP contribution in [0.15, 0.2) is 36.7 Å². The maximum absolute atomic E-state index is 5.84. The number of pyridine rings is 2. The van der Waals surface area contributed by atoms with Crippen LogP contribution in [0, 0.1) is 6.92 Å². The van der Waals surface area contributed by atoms with Gasteiger partial charge in [-0.3, -0.25) is 4.98 Å². The number of anilines is 2. The van der Waals surface area contributed by atoms with Crippen molar-refractivity contribution in [2.24, 2.45) is 0 Å². The Morgan fingerprint density at radius 2 is 2.21 bits per heavy atom. The average Bonchev–Trinajstić information content (AvgIpc) is 2.92. The van der Waals surface area contributed by atoms with E-state index in [-0.39, 0.29) is 0 Å². The molecule has 0 aliphatic carbocycles. The highest BCUT2D eigenvalue weighted by atomic mass is 15.2. The van der Waals surface area contributed by atoms with Gasteiger partial charge in [0.05, 0.1) is 17.4 Å². The summed E-state index contributed by atoms with van der Waals surface area (Å²) in [4.78, 5) is 11.2. The van der Waals surface area contributed by atoms with Gasteiger partial charge in [0.2, 0.25) is 0 Å². The number of hydrogen-bond donors (Lipinski definition) is 1. The molecule has 4 heteroatoms. The normalized spacial score (nSPS) is 18.8. The van der Waals surface area contributed by atoms with Crippen molar-refractivity contribution < 1.29 is 0 Å². The molecule has 2 N–H and O–H groups in total. The first-order chi connectivity index (χ1) is 9.25. The van der Waals surface area contributed by atoms with Crippen LogP contribution in [0.4, 0.5) is 11.5 Å². The topological polar surface area (TPSA) is 55.0 Å². The van der Waals surface area contributed by atoms with Crippen LogP contribution < -0.4 is 10.6 Å². The molecule has 3 heterocycles. The van der Waals surface area contributed by atoms with Gasteiger partial charge in [0.15, 0.2) is 0 Å². The van der Waals surface area contributed by atoms with Gasteiger partial charge in [-0.25, -0.2) is 4.98 Å². The molecule has 0 amide bonds. The summed E-state index contributed by atoms with van der Waals surface area (Å²) < 4.78 is 0. The summed E-state index contributed by atoms with van der Waals surface area (Å²) in [7, 11) is 0. The number of hydrogen-bond acceptors (Lipinski definition) is 4. The second kappa shape index (κ2) is 4.88. The van der Waals surface area contributed by atoms with Crippen molar-refractivity contribution in [2.75, 3.05) is 17.2 Å². The molecule has 1 atom stereocenters. The van der Waals surface area contributed by atoms with Crippen LogP contribution in [-0.4, -0.2) is 16.5 Å². The lowest BCUT2D eigenvalue weighted by atomic mass is 10.1. The summed E-state index contributed by atoms with van der Waals surface area (Å²) in [5.41, 5.74) is 8.75. The molecule has 0 saturated carbocycles. The number of nitrogens with zero attached hydrogens (tertiary/aromatic N) is 3. The van der Waals surface area contributed by atoms with Crippen molar-refractivity contribution in [2.45, 2.75) is 25.8 Å². The first-order valence-corrected chi connectivity index (χ1v) is 6.65. The van der Waals surface area contributed by atoms with Gasteiger partial charge < -0.3 is 10.6 Å². The van der Waals surface area contributed by atoms with Gasteiger partial charge in [0.1, 0.15) is 5.82 Å². The van der Waals surface area contributed by atoms with Gasteiger partial charge in [-0.05, 0) is 43.5 Å². The number of rotatable bonds is 2. The highest BCUT2D eigenvalue weighted by molar-refractivity contribution is 5.52. The van der Waals surface area contributed by atoms with Crippen molar-refractivity contribution in [3.8, 4) is 0 Å². The van der Waals surface area contributed by atoms with E-state index in [1.807, 2.05) is 37.5 Å². The van der Waals surface area contributed by atoms with E-state index in [9.17, 15) is 0 Å². The van der Waals surface area contributed by atoms with Gasteiger partial charge in [-0.15, -0.1) is 0 Å². The molecule has 0 radical (unpaired) electrons. The van der Waals surface area contributed by atoms with Crippen LogP contribution >= 0.6 is 0 Å². The molecule has 3 rings (SSSR count). The van der Waals surface area contributed by atoms with Gasteiger partial charge in [-0.1, -0.05) is 6.07 Å². The van der Waals surface area contributed by atoms with Crippen molar-refractivity contribution in [3.63, 3.8) is 0 Å². The second-order valence-electron chi connectivity index (χ2n) is 4.98. The first kappa shape index (κ1) is 12.0. The van der Waals surface area contributed by atoms with E-state index in [2.05, 4.69) is 20.9 Å². The number of nitrogen functional groups attached to an aromatic ring is 1. The van der Waals surface area contributed by atoms with E-state index in [1.165, 1.54) is 12.0 Å². The van der Waals surface area contributed by atoms with E-state index in [0.717, 1.165) is 30.2 Å². The van der Waals surface area contributed by atoms with Gasteiger partial charge in [0, 0.05) is 18.9 Å². The van der Waals surface area contributed by atoms with E-state index in [4.69, 9.17) is 5.73 Å². The van der Waals surface area contributed by atoms with Crippen molar-refractivity contribution >= 4 is 11.5 Å². The molecule has 1 unspecified atom stereocenters. The summed E-state index contributed by atoms with van der Waals surface area (Å²) >= 11 is 0. The Labute approximate surface area is 113 Å². The van der Waals surface area contributed by atoms with Crippen LogP contribution in [0.25, 0.3) is 0 Å². The predicted molar refractivity (Wildman–Crippen MR) is 76.9 cm³/mol. The predicted octanol–water partition coefficient (Wildman–Crippen LogP) is 2.71. The van der Waals surface area contributed by atoms with E-state index < -0.39 is 0 Å². The van der Waals surface area contributed by atoms with Crippen LogP contribution in [0.3, 0.4) is 0 Å². The van der Waals surface area contributed by atoms with Gasteiger partial charge in [-0.2, -0.15) is 0 Å². The molecular formula is C15H18N4. The molecule has 0 bridgehead atoms. The molecule has 1 aliphatic heterocycles. The maximum atomic E-state index is 5.84. The van der Waals surface area contributed by atoms with Crippen molar-refractivity contribution in [3.05, 3.63) is 47.9 Å². The maximum Gasteiger partial charge on any atom is 0.129 e. The Morgan fingerprint density at radius 3 is 2.95 bits per heavy atom. The molecule has 98 valence electrons. The fourth-order valence-corrected chi connectivity index (χ4v) is 2.68.